The van der Waals surface area contributed by atoms with Gasteiger partial charge in [-0.3, -0.25) is 14.7 Å². The van der Waals surface area contributed by atoms with Gasteiger partial charge in [0.25, 0.3) is 5.91 Å². The highest BCUT2D eigenvalue weighted by Gasteiger charge is 2.24. The highest BCUT2D eigenvalue weighted by Crippen LogP contribution is 2.17. The van der Waals surface area contributed by atoms with Crippen LogP contribution in [0.5, 0.6) is 0 Å². The SMILES string of the molecule is O=C1CN(C(=O)c2n[nH]c3ccccc23)CCCN1. The molecule has 19 heavy (non-hydrogen) atoms. The van der Waals surface area contributed by atoms with Crippen LogP contribution in [0.4, 0.5) is 0 Å². The van der Waals surface area contributed by atoms with Crippen LogP contribution in [0.3, 0.4) is 0 Å². The van der Waals surface area contributed by atoms with E-state index in [4.69, 9.17) is 0 Å². The van der Waals surface area contributed by atoms with Crippen molar-refractivity contribution in [1.29, 1.82) is 0 Å². The lowest BCUT2D eigenvalue weighted by Gasteiger charge is -2.17. The van der Waals surface area contributed by atoms with Crippen molar-refractivity contribution in [2.75, 3.05) is 19.6 Å². The molecule has 2 N–H and O–H groups in total. The van der Waals surface area contributed by atoms with Gasteiger partial charge in [-0.1, -0.05) is 18.2 Å². The summed E-state index contributed by atoms with van der Waals surface area (Å²) in [5, 5.41) is 10.5. The Morgan fingerprint density at radius 1 is 1.32 bits per heavy atom. The minimum atomic E-state index is -0.200. The zero-order valence-corrected chi connectivity index (χ0v) is 10.3. The predicted octanol–water partition coefficient (Wildman–Crippen LogP) is 0.525. The Morgan fingerprint density at radius 3 is 3.05 bits per heavy atom. The predicted molar refractivity (Wildman–Crippen MR) is 69.6 cm³/mol. The van der Waals surface area contributed by atoms with E-state index in [0.29, 0.717) is 18.8 Å². The topological polar surface area (TPSA) is 78.1 Å². The molecule has 1 aromatic heterocycles. The molecule has 1 aromatic carbocycles. The second kappa shape index (κ2) is 4.72. The van der Waals surface area contributed by atoms with Gasteiger partial charge in [0.15, 0.2) is 5.69 Å². The van der Waals surface area contributed by atoms with E-state index in [1.54, 1.807) is 4.90 Å². The number of benzene rings is 1. The normalized spacial score (nSPS) is 16.2. The molecule has 3 rings (SSSR count). The van der Waals surface area contributed by atoms with E-state index in [9.17, 15) is 9.59 Å². The summed E-state index contributed by atoms with van der Waals surface area (Å²) in [4.78, 5) is 25.5. The first-order valence-corrected chi connectivity index (χ1v) is 6.25. The maximum Gasteiger partial charge on any atom is 0.275 e. The lowest BCUT2D eigenvalue weighted by atomic mass is 10.2. The molecular formula is C13H14N4O2. The molecule has 1 aliphatic rings. The summed E-state index contributed by atoms with van der Waals surface area (Å²) in [6.07, 6.45) is 0.764. The molecule has 0 saturated carbocycles. The van der Waals surface area contributed by atoms with Gasteiger partial charge in [0, 0.05) is 18.5 Å². The number of amides is 2. The van der Waals surface area contributed by atoms with Crippen LogP contribution in [0, 0.1) is 0 Å². The zero-order chi connectivity index (χ0) is 13.2. The van der Waals surface area contributed by atoms with Gasteiger partial charge < -0.3 is 10.2 Å². The molecule has 1 fully saturated rings. The largest absolute Gasteiger partial charge is 0.354 e. The molecule has 2 heterocycles. The van der Waals surface area contributed by atoms with Crippen LogP contribution in [0.25, 0.3) is 10.9 Å². The average molecular weight is 258 g/mol. The fourth-order valence-corrected chi connectivity index (χ4v) is 2.26. The van der Waals surface area contributed by atoms with E-state index in [1.165, 1.54) is 0 Å². The fourth-order valence-electron chi connectivity index (χ4n) is 2.26. The Kier molecular flexibility index (Phi) is 2.91. The standard InChI is InChI=1S/C13H14N4O2/c18-11-8-17(7-3-6-14-11)13(19)12-9-4-1-2-5-10(9)15-16-12/h1-2,4-5H,3,6-8H2,(H,14,18)(H,15,16). The third kappa shape index (κ3) is 2.16. The van der Waals surface area contributed by atoms with Gasteiger partial charge in [-0.15, -0.1) is 0 Å². The zero-order valence-electron chi connectivity index (χ0n) is 10.3. The highest BCUT2D eigenvalue weighted by atomic mass is 16.2. The molecule has 0 bridgehead atoms. The van der Waals surface area contributed by atoms with E-state index in [2.05, 4.69) is 15.5 Å². The van der Waals surface area contributed by atoms with Crippen LogP contribution in [0.1, 0.15) is 16.9 Å². The minimum absolute atomic E-state index is 0.0972. The van der Waals surface area contributed by atoms with Crippen LogP contribution < -0.4 is 5.32 Å². The molecule has 6 nitrogen and oxygen atoms in total. The molecule has 98 valence electrons. The van der Waals surface area contributed by atoms with E-state index in [-0.39, 0.29) is 18.4 Å². The number of carbonyl (C=O) groups is 2. The summed E-state index contributed by atoms with van der Waals surface area (Å²) in [6.45, 7) is 1.28. The molecule has 0 aliphatic carbocycles. The fraction of sp³-hybridized carbons (Fsp3) is 0.308. The van der Waals surface area contributed by atoms with E-state index in [0.717, 1.165) is 17.3 Å². The number of aromatic amines is 1. The number of fused-ring (bicyclic) bond motifs is 1. The number of hydrogen-bond acceptors (Lipinski definition) is 3. The van der Waals surface area contributed by atoms with Gasteiger partial charge in [-0.05, 0) is 12.5 Å². The molecule has 6 heteroatoms. The summed E-state index contributed by atoms with van der Waals surface area (Å²) < 4.78 is 0. The Morgan fingerprint density at radius 2 is 2.16 bits per heavy atom. The number of carbonyl (C=O) groups excluding carboxylic acids is 2. The molecular weight excluding hydrogens is 244 g/mol. The molecule has 0 atom stereocenters. The molecule has 1 aliphatic heterocycles. The quantitative estimate of drug-likeness (QED) is 0.783. The molecule has 0 radical (unpaired) electrons. The van der Waals surface area contributed by atoms with Crippen molar-refractivity contribution < 1.29 is 9.59 Å². The molecule has 1 saturated heterocycles. The summed E-state index contributed by atoms with van der Waals surface area (Å²) in [7, 11) is 0. The van der Waals surface area contributed by atoms with E-state index < -0.39 is 0 Å². The Hall–Kier alpha value is -2.37. The third-order valence-electron chi connectivity index (χ3n) is 3.22. The molecule has 0 unspecified atom stereocenters. The van der Waals surface area contributed by atoms with Gasteiger partial charge in [0.1, 0.15) is 0 Å². The van der Waals surface area contributed by atoms with Crippen LogP contribution >= 0.6 is 0 Å². The summed E-state index contributed by atoms with van der Waals surface area (Å²) >= 11 is 0. The van der Waals surface area contributed by atoms with Crippen molar-refractivity contribution in [2.24, 2.45) is 0 Å². The van der Waals surface area contributed by atoms with Gasteiger partial charge >= 0.3 is 0 Å². The monoisotopic (exact) mass is 258 g/mol. The first-order chi connectivity index (χ1) is 9.25. The summed E-state index contributed by atoms with van der Waals surface area (Å²) in [5.41, 5.74) is 1.20. The van der Waals surface area contributed by atoms with Crippen LogP contribution in [-0.4, -0.2) is 46.5 Å². The number of nitrogens with zero attached hydrogens (tertiary/aromatic N) is 2. The average Bonchev–Trinajstić information content (AvgIpc) is 2.73. The number of hydrogen-bond donors (Lipinski definition) is 2. The first kappa shape index (κ1) is 11.7. The van der Waals surface area contributed by atoms with Crippen molar-refractivity contribution >= 4 is 22.7 Å². The van der Waals surface area contributed by atoms with Crippen LogP contribution in [0.2, 0.25) is 0 Å². The van der Waals surface area contributed by atoms with Gasteiger partial charge in [-0.25, -0.2) is 0 Å². The lowest BCUT2D eigenvalue weighted by molar-refractivity contribution is -0.121. The Labute approximate surface area is 109 Å². The lowest BCUT2D eigenvalue weighted by Crippen LogP contribution is -2.37. The number of nitrogens with one attached hydrogen (secondary N) is 2. The molecule has 2 amide bonds. The maximum atomic E-state index is 12.4. The Balaban J connectivity index is 1.92. The maximum absolute atomic E-state index is 12.4. The van der Waals surface area contributed by atoms with Crippen molar-refractivity contribution in [2.45, 2.75) is 6.42 Å². The van der Waals surface area contributed by atoms with Crippen molar-refractivity contribution in [3.8, 4) is 0 Å². The van der Waals surface area contributed by atoms with Gasteiger partial charge in [0.2, 0.25) is 5.91 Å². The molecule has 2 aromatic rings. The van der Waals surface area contributed by atoms with Crippen LogP contribution in [0.15, 0.2) is 24.3 Å². The summed E-state index contributed by atoms with van der Waals surface area (Å²) in [6, 6.07) is 7.47. The second-order valence-corrected chi connectivity index (χ2v) is 4.55. The van der Waals surface area contributed by atoms with Crippen LogP contribution in [-0.2, 0) is 4.79 Å². The second-order valence-electron chi connectivity index (χ2n) is 4.55. The number of aromatic nitrogens is 2. The Bertz CT molecular complexity index is 634. The van der Waals surface area contributed by atoms with E-state index in [1.807, 2.05) is 24.3 Å². The first-order valence-electron chi connectivity index (χ1n) is 6.25. The van der Waals surface area contributed by atoms with Crippen molar-refractivity contribution in [3.63, 3.8) is 0 Å². The van der Waals surface area contributed by atoms with E-state index >= 15 is 0 Å². The smallest absolute Gasteiger partial charge is 0.275 e. The summed E-state index contributed by atoms with van der Waals surface area (Å²) in [5.74, 6) is -0.319. The van der Waals surface area contributed by atoms with Gasteiger partial charge in [-0.2, -0.15) is 5.10 Å². The van der Waals surface area contributed by atoms with Gasteiger partial charge in [0.05, 0.1) is 12.1 Å². The highest BCUT2D eigenvalue weighted by molar-refractivity contribution is 6.05. The minimum Gasteiger partial charge on any atom is -0.354 e. The third-order valence-corrected chi connectivity index (χ3v) is 3.22. The molecule has 0 spiro atoms. The van der Waals surface area contributed by atoms with Crippen molar-refractivity contribution in [1.82, 2.24) is 20.4 Å². The number of H-pyrrole nitrogens is 1. The number of para-hydroxylation sites is 1. The number of rotatable bonds is 1. The van der Waals surface area contributed by atoms with Crippen molar-refractivity contribution in [3.05, 3.63) is 30.0 Å².